The number of carbonyl (C=O) groups is 1. The first-order valence-electron chi connectivity index (χ1n) is 6.44. The van der Waals surface area contributed by atoms with E-state index in [0.29, 0.717) is 10.9 Å². The zero-order chi connectivity index (χ0) is 16.6. The van der Waals surface area contributed by atoms with E-state index in [2.05, 4.69) is 31.1 Å². The third-order valence-electron chi connectivity index (χ3n) is 3.17. The van der Waals surface area contributed by atoms with Crippen LogP contribution in [0.1, 0.15) is 10.4 Å². The fraction of sp³-hybridized carbons (Fsp3) is 0. The maximum Gasteiger partial charge on any atom is 0.299 e. The normalized spacial score (nSPS) is 11.3. The van der Waals surface area contributed by atoms with Crippen molar-refractivity contribution in [3.63, 3.8) is 0 Å². The maximum atomic E-state index is 12.0. The number of H-pyrrole nitrogens is 1. The molecule has 3 aromatic rings. The van der Waals surface area contributed by atoms with Crippen molar-refractivity contribution in [2.45, 2.75) is 0 Å². The zero-order valence-corrected chi connectivity index (χ0v) is 13.1. The lowest BCUT2D eigenvalue weighted by molar-refractivity contribution is 0.0992. The molecule has 116 valence electrons. The Hall–Kier alpha value is -2.87. The number of carbonyl (C=O) groups excluding carboxylic acids is 1. The highest BCUT2D eigenvalue weighted by atomic mass is 79.9. The first-order valence-corrected chi connectivity index (χ1v) is 7.23. The van der Waals surface area contributed by atoms with Crippen molar-refractivity contribution < 1.29 is 20.1 Å². The highest BCUT2D eigenvalue weighted by Gasteiger charge is 2.14. The van der Waals surface area contributed by atoms with Crippen molar-refractivity contribution in [3.8, 4) is 17.4 Å². The van der Waals surface area contributed by atoms with E-state index in [0.717, 1.165) is 10.5 Å². The van der Waals surface area contributed by atoms with Crippen molar-refractivity contribution in [2.24, 2.45) is 10.2 Å². The van der Waals surface area contributed by atoms with E-state index >= 15 is 0 Å². The number of benzene rings is 2. The number of phenolic OH excluding ortho intramolecular Hbond substituents is 2. The van der Waals surface area contributed by atoms with Gasteiger partial charge in [-0.1, -0.05) is 15.9 Å². The Morgan fingerprint density at radius 2 is 1.87 bits per heavy atom. The van der Waals surface area contributed by atoms with Gasteiger partial charge >= 0.3 is 0 Å². The van der Waals surface area contributed by atoms with Crippen LogP contribution in [0, 0.1) is 0 Å². The van der Waals surface area contributed by atoms with Gasteiger partial charge in [-0.25, -0.2) is 0 Å². The molecule has 4 N–H and O–H groups in total. The third kappa shape index (κ3) is 2.88. The minimum Gasteiger partial charge on any atom is -0.508 e. The second-order valence-corrected chi connectivity index (χ2v) is 5.63. The topological polar surface area (TPSA) is 118 Å². The fourth-order valence-corrected chi connectivity index (χ4v) is 2.45. The van der Waals surface area contributed by atoms with Gasteiger partial charge in [0.05, 0.1) is 11.1 Å². The van der Waals surface area contributed by atoms with E-state index in [-0.39, 0.29) is 22.9 Å². The predicted molar refractivity (Wildman–Crippen MR) is 86.3 cm³/mol. The monoisotopic (exact) mass is 375 g/mol. The number of fused-ring (bicyclic) bond motifs is 1. The second kappa shape index (κ2) is 5.73. The highest BCUT2D eigenvalue weighted by molar-refractivity contribution is 9.10. The zero-order valence-electron chi connectivity index (χ0n) is 11.5. The lowest BCUT2D eigenvalue weighted by atomic mass is 10.2. The van der Waals surface area contributed by atoms with Gasteiger partial charge in [0.1, 0.15) is 11.5 Å². The average molecular weight is 376 g/mol. The number of halogens is 1. The van der Waals surface area contributed by atoms with Crippen LogP contribution in [0.15, 0.2) is 51.1 Å². The van der Waals surface area contributed by atoms with E-state index in [1.807, 2.05) is 0 Å². The molecule has 0 radical (unpaired) electrons. The average Bonchev–Trinajstić information content (AvgIpc) is 2.79. The third-order valence-corrected chi connectivity index (χ3v) is 3.66. The summed E-state index contributed by atoms with van der Waals surface area (Å²) in [6, 6.07) is 8.77. The van der Waals surface area contributed by atoms with Crippen LogP contribution in [-0.2, 0) is 0 Å². The lowest BCUT2D eigenvalue weighted by Crippen LogP contribution is -1.93. The summed E-state index contributed by atoms with van der Waals surface area (Å²) < 4.78 is 0.781. The van der Waals surface area contributed by atoms with Gasteiger partial charge in [-0.15, -0.1) is 10.2 Å². The molecule has 0 atom stereocenters. The molecule has 2 aromatic carbocycles. The molecule has 1 amide bonds. The number of nitrogens with zero attached hydrogens (tertiary/aromatic N) is 2. The number of rotatable bonds is 2. The number of aromatic nitrogens is 1. The number of nitrogens with one attached hydrogen (secondary N) is 1. The van der Waals surface area contributed by atoms with Crippen LogP contribution in [0.2, 0.25) is 0 Å². The van der Waals surface area contributed by atoms with E-state index in [1.54, 1.807) is 18.2 Å². The molecule has 8 heteroatoms. The van der Waals surface area contributed by atoms with Gasteiger partial charge in [0.15, 0.2) is 5.69 Å². The summed E-state index contributed by atoms with van der Waals surface area (Å²) in [6.45, 7) is 0. The molecule has 0 spiro atoms. The molecule has 0 saturated carbocycles. The predicted octanol–water partition coefficient (Wildman–Crippen LogP) is 3.97. The smallest absolute Gasteiger partial charge is 0.299 e. The molecular weight excluding hydrogens is 366 g/mol. The maximum absolute atomic E-state index is 12.0. The number of aromatic amines is 1. The van der Waals surface area contributed by atoms with Crippen LogP contribution in [0.5, 0.6) is 17.4 Å². The van der Waals surface area contributed by atoms with Crippen molar-refractivity contribution in [1.29, 1.82) is 0 Å². The van der Waals surface area contributed by atoms with Crippen molar-refractivity contribution >= 4 is 38.4 Å². The van der Waals surface area contributed by atoms with Crippen LogP contribution in [0.25, 0.3) is 10.9 Å². The Kier molecular flexibility index (Phi) is 3.75. The number of amides is 1. The van der Waals surface area contributed by atoms with E-state index in [9.17, 15) is 20.1 Å². The van der Waals surface area contributed by atoms with E-state index < -0.39 is 11.7 Å². The first-order chi connectivity index (χ1) is 11.0. The molecule has 7 nitrogen and oxygen atoms in total. The minimum absolute atomic E-state index is 0.105. The molecule has 0 bridgehead atoms. The van der Waals surface area contributed by atoms with Crippen LogP contribution in [-0.4, -0.2) is 26.2 Å². The quantitative estimate of drug-likeness (QED) is 0.506. The standard InChI is InChI=1S/C15H10BrN3O4/c16-7-1-4-11-10(5-7)13(15(23)17-11)18-19-14(22)9-3-2-8(20)6-12(9)21/h1-6,17,20-21,23H. The Morgan fingerprint density at radius 1 is 1.09 bits per heavy atom. The van der Waals surface area contributed by atoms with Crippen LogP contribution < -0.4 is 0 Å². The minimum atomic E-state index is -0.800. The van der Waals surface area contributed by atoms with Crippen molar-refractivity contribution in [1.82, 2.24) is 4.98 Å². The molecule has 0 saturated heterocycles. The number of azo groups is 1. The van der Waals surface area contributed by atoms with Gasteiger partial charge in [-0.05, 0) is 30.3 Å². The summed E-state index contributed by atoms with van der Waals surface area (Å²) in [6.07, 6.45) is 0. The molecule has 0 aliphatic rings. The van der Waals surface area contributed by atoms with Gasteiger partial charge in [-0.2, -0.15) is 0 Å². The van der Waals surface area contributed by atoms with Crippen molar-refractivity contribution in [3.05, 3.63) is 46.4 Å². The van der Waals surface area contributed by atoms with Gasteiger partial charge in [-0.3, -0.25) is 4.79 Å². The molecule has 0 aliphatic heterocycles. The summed E-state index contributed by atoms with van der Waals surface area (Å²) in [4.78, 5) is 14.7. The molecule has 0 aliphatic carbocycles. The molecular formula is C15H10BrN3O4. The number of hydrogen-bond donors (Lipinski definition) is 4. The first kappa shape index (κ1) is 15.0. The van der Waals surface area contributed by atoms with Crippen molar-refractivity contribution in [2.75, 3.05) is 0 Å². The second-order valence-electron chi connectivity index (χ2n) is 4.72. The SMILES string of the molecule is O=C(N=Nc1c(O)[nH]c2ccc(Br)cc12)c1ccc(O)cc1O. The largest absolute Gasteiger partial charge is 0.508 e. The molecule has 23 heavy (non-hydrogen) atoms. The van der Waals surface area contributed by atoms with Gasteiger partial charge in [0.25, 0.3) is 5.91 Å². The summed E-state index contributed by atoms with van der Waals surface area (Å²) in [5.74, 6) is -1.59. The number of phenols is 2. The van der Waals surface area contributed by atoms with Crippen LogP contribution >= 0.6 is 15.9 Å². The Labute approximate surface area is 138 Å². The van der Waals surface area contributed by atoms with E-state index in [4.69, 9.17) is 0 Å². The van der Waals surface area contributed by atoms with Gasteiger partial charge in [0.2, 0.25) is 5.88 Å². The summed E-state index contributed by atoms with van der Waals surface area (Å²) >= 11 is 3.32. The lowest BCUT2D eigenvalue weighted by Gasteiger charge is -1.99. The number of hydrogen-bond acceptors (Lipinski definition) is 5. The van der Waals surface area contributed by atoms with Gasteiger partial charge < -0.3 is 20.3 Å². The molecule has 0 fully saturated rings. The van der Waals surface area contributed by atoms with Crippen LogP contribution in [0.4, 0.5) is 5.69 Å². The Balaban J connectivity index is 1.98. The molecule has 3 rings (SSSR count). The molecule has 1 heterocycles. The van der Waals surface area contributed by atoms with Crippen LogP contribution in [0.3, 0.4) is 0 Å². The number of aromatic hydroxyl groups is 3. The molecule has 1 aromatic heterocycles. The summed E-state index contributed by atoms with van der Waals surface area (Å²) in [5, 5.41) is 36.6. The Bertz CT molecular complexity index is 949. The molecule has 0 unspecified atom stereocenters. The summed E-state index contributed by atoms with van der Waals surface area (Å²) in [7, 11) is 0. The van der Waals surface area contributed by atoms with E-state index in [1.165, 1.54) is 12.1 Å². The highest BCUT2D eigenvalue weighted by Crippen LogP contribution is 2.37. The fourth-order valence-electron chi connectivity index (χ4n) is 2.09. The Morgan fingerprint density at radius 3 is 2.61 bits per heavy atom. The summed E-state index contributed by atoms with van der Waals surface area (Å²) in [5.41, 5.74) is 0.652. The van der Waals surface area contributed by atoms with Gasteiger partial charge in [0, 0.05) is 15.9 Å².